The monoisotopic (exact) mass is 288 g/mol. The third-order valence-corrected chi connectivity index (χ3v) is 3.90. The van der Waals surface area contributed by atoms with Gasteiger partial charge in [0.2, 0.25) is 0 Å². The molecular formula is C15H16N2O4. The van der Waals surface area contributed by atoms with Gasteiger partial charge in [-0.1, -0.05) is 11.6 Å². The van der Waals surface area contributed by atoms with Gasteiger partial charge in [0.1, 0.15) is 11.1 Å². The highest BCUT2D eigenvalue weighted by molar-refractivity contribution is 5.97. The number of hydrogen-bond acceptors (Lipinski definition) is 4. The lowest BCUT2D eigenvalue weighted by Crippen LogP contribution is -2.50. The first-order chi connectivity index (χ1) is 9.89. The molecule has 21 heavy (non-hydrogen) atoms. The number of furan rings is 1. The molecule has 0 saturated carbocycles. The summed E-state index contributed by atoms with van der Waals surface area (Å²) in [4.78, 5) is 24.9. The number of carbonyl (C=O) groups excluding carboxylic acids is 1. The Morgan fingerprint density at radius 2 is 2.14 bits per heavy atom. The molecule has 1 aliphatic rings. The van der Waals surface area contributed by atoms with E-state index in [9.17, 15) is 9.59 Å². The molecule has 1 aliphatic heterocycles. The quantitative estimate of drug-likeness (QED) is 0.870. The van der Waals surface area contributed by atoms with Gasteiger partial charge >= 0.3 is 5.97 Å². The second-order valence-electron chi connectivity index (χ2n) is 5.59. The van der Waals surface area contributed by atoms with Gasteiger partial charge in [-0.05, 0) is 31.5 Å². The number of amides is 1. The number of nitrogens with two attached hydrogens (primary N) is 1. The van der Waals surface area contributed by atoms with Crippen molar-refractivity contribution in [2.24, 2.45) is 5.73 Å². The molecule has 1 saturated heterocycles. The largest absolute Gasteiger partial charge is 0.480 e. The number of fused-ring (bicyclic) bond motifs is 1. The van der Waals surface area contributed by atoms with Crippen LogP contribution in [0.4, 0.5) is 0 Å². The highest BCUT2D eigenvalue weighted by atomic mass is 16.4. The smallest absolute Gasteiger partial charge is 0.325 e. The third kappa shape index (κ3) is 2.27. The number of aryl methyl sites for hydroxylation is 1. The van der Waals surface area contributed by atoms with E-state index in [1.807, 2.05) is 25.1 Å². The molecule has 2 aromatic rings. The minimum Gasteiger partial charge on any atom is -0.480 e. The molecule has 2 heterocycles. The predicted octanol–water partition coefficient (Wildman–Crippen LogP) is 1.37. The third-order valence-electron chi connectivity index (χ3n) is 3.90. The van der Waals surface area contributed by atoms with E-state index in [1.54, 1.807) is 6.07 Å². The number of aliphatic carboxylic acids is 1. The number of carboxylic acid groups (broad SMARTS) is 1. The van der Waals surface area contributed by atoms with Crippen LogP contribution in [0, 0.1) is 6.92 Å². The van der Waals surface area contributed by atoms with E-state index in [4.69, 9.17) is 15.3 Å². The molecule has 0 bridgehead atoms. The fourth-order valence-electron chi connectivity index (χ4n) is 2.61. The highest BCUT2D eigenvalue weighted by Gasteiger charge is 2.43. The summed E-state index contributed by atoms with van der Waals surface area (Å²) in [6, 6.07) is 7.34. The topological polar surface area (TPSA) is 96.8 Å². The Bertz CT molecular complexity index is 736. The average Bonchev–Trinajstić information content (AvgIpc) is 3.02. The molecule has 3 N–H and O–H groups in total. The first kappa shape index (κ1) is 13.6. The van der Waals surface area contributed by atoms with Crippen molar-refractivity contribution < 1.29 is 19.1 Å². The molecule has 110 valence electrons. The van der Waals surface area contributed by atoms with Crippen LogP contribution in [-0.4, -0.2) is 40.5 Å². The lowest BCUT2D eigenvalue weighted by Gasteiger charge is -2.19. The molecule has 6 nitrogen and oxygen atoms in total. The van der Waals surface area contributed by atoms with Gasteiger partial charge in [0, 0.05) is 18.5 Å². The van der Waals surface area contributed by atoms with Crippen molar-refractivity contribution in [3.05, 3.63) is 35.6 Å². The van der Waals surface area contributed by atoms with Crippen LogP contribution in [0.3, 0.4) is 0 Å². The van der Waals surface area contributed by atoms with Gasteiger partial charge in [-0.2, -0.15) is 0 Å². The second kappa shape index (κ2) is 4.60. The van der Waals surface area contributed by atoms with Crippen molar-refractivity contribution >= 4 is 22.8 Å². The summed E-state index contributed by atoms with van der Waals surface area (Å²) >= 11 is 0. The van der Waals surface area contributed by atoms with Gasteiger partial charge in [-0.15, -0.1) is 0 Å². The molecule has 1 amide bonds. The minimum absolute atomic E-state index is 0.00274. The lowest BCUT2D eigenvalue weighted by molar-refractivity contribution is -0.142. The minimum atomic E-state index is -1.36. The van der Waals surface area contributed by atoms with Crippen molar-refractivity contribution in [2.45, 2.75) is 18.9 Å². The molecular weight excluding hydrogens is 272 g/mol. The van der Waals surface area contributed by atoms with Crippen LogP contribution in [-0.2, 0) is 4.79 Å². The molecule has 0 aliphatic carbocycles. The number of likely N-dealkylation sites (tertiary alicyclic amines) is 1. The van der Waals surface area contributed by atoms with E-state index in [1.165, 1.54) is 4.90 Å². The van der Waals surface area contributed by atoms with E-state index < -0.39 is 11.5 Å². The Morgan fingerprint density at radius 1 is 1.38 bits per heavy atom. The number of benzene rings is 1. The zero-order valence-electron chi connectivity index (χ0n) is 11.6. The van der Waals surface area contributed by atoms with Gasteiger partial charge in [-0.25, -0.2) is 0 Å². The van der Waals surface area contributed by atoms with Crippen LogP contribution in [0.2, 0.25) is 0 Å². The summed E-state index contributed by atoms with van der Waals surface area (Å²) in [6.07, 6.45) is 0.243. The van der Waals surface area contributed by atoms with Crippen molar-refractivity contribution in [1.29, 1.82) is 0 Å². The average molecular weight is 288 g/mol. The molecule has 1 aromatic carbocycles. The summed E-state index contributed by atoms with van der Waals surface area (Å²) < 4.78 is 5.55. The summed E-state index contributed by atoms with van der Waals surface area (Å²) in [5, 5.41) is 9.96. The van der Waals surface area contributed by atoms with Crippen LogP contribution in [0.5, 0.6) is 0 Å². The SMILES string of the molecule is Cc1ccc2oc(C(=O)N3CCC(N)(C(=O)O)C3)cc2c1. The highest BCUT2D eigenvalue weighted by Crippen LogP contribution is 2.25. The van der Waals surface area contributed by atoms with Crippen LogP contribution in [0.1, 0.15) is 22.5 Å². The number of rotatable bonds is 2. The summed E-state index contributed by atoms with van der Waals surface area (Å²) in [5.74, 6) is -1.19. The van der Waals surface area contributed by atoms with E-state index >= 15 is 0 Å². The maximum Gasteiger partial charge on any atom is 0.325 e. The molecule has 1 atom stereocenters. The Hall–Kier alpha value is -2.34. The Kier molecular flexibility index (Phi) is 2.98. The maximum atomic E-state index is 12.4. The summed E-state index contributed by atoms with van der Waals surface area (Å²) in [5.41, 5.74) is 6.13. The van der Waals surface area contributed by atoms with E-state index in [2.05, 4.69) is 0 Å². The molecule has 1 fully saturated rings. The fourth-order valence-corrected chi connectivity index (χ4v) is 2.61. The van der Waals surface area contributed by atoms with Gasteiger partial charge in [0.15, 0.2) is 5.76 Å². The summed E-state index contributed by atoms with van der Waals surface area (Å²) in [6.45, 7) is 2.28. The first-order valence-electron chi connectivity index (χ1n) is 6.71. The fraction of sp³-hybridized carbons (Fsp3) is 0.333. The zero-order chi connectivity index (χ0) is 15.2. The maximum absolute atomic E-state index is 12.4. The van der Waals surface area contributed by atoms with Gasteiger partial charge in [0.05, 0.1) is 0 Å². The molecule has 6 heteroatoms. The molecule has 1 unspecified atom stereocenters. The first-order valence-corrected chi connectivity index (χ1v) is 6.71. The van der Waals surface area contributed by atoms with Crippen LogP contribution in [0.15, 0.2) is 28.7 Å². The van der Waals surface area contributed by atoms with E-state index in [0.717, 1.165) is 10.9 Å². The van der Waals surface area contributed by atoms with E-state index in [-0.39, 0.29) is 24.6 Å². The zero-order valence-corrected chi connectivity index (χ0v) is 11.6. The molecule has 1 aromatic heterocycles. The van der Waals surface area contributed by atoms with Gasteiger partial charge in [0.25, 0.3) is 5.91 Å². The normalized spacial score (nSPS) is 21.9. The van der Waals surface area contributed by atoms with Crippen LogP contribution < -0.4 is 5.73 Å². The van der Waals surface area contributed by atoms with Crippen molar-refractivity contribution in [2.75, 3.05) is 13.1 Å². The second-order valence-corrected chi connectivity index (χ2v) is 5.59. The number of nitrogens with zero attached hydrogens (tertiary/aromatic N) is 1. The molecule has 0 radical (unpaired) electrons. The number of carbonyl (C=O) groups is 2. The van der Waals surface area contributed by atoms with Gasteiger partial charge < -0.3 is 20.2 Å². The summed E-state index contributed by atoms with van der Waals surface area (Å²) in [7, 11) is 0. The Labute approximate surface area is 121 Å². The molecule has 3 rings (SSSR count). The van der Waals surface area contributed by atoms with Crippen molar-refractivity contribution in [3.63, 3.8) is 0 Å². The van der Waals surface area contributed by atoms with Crippen LogP contribution >= 0.6 is 0 Å². The number of hydrogen-bond donors (Lipinski definition) is 2. The predicted molar refractivity (Wildman–Crippen MR) is 76.0 cm³/mol. The van der Waals surface area contributed by atoms with Crippen molar-refractivity contribution in [1.82, 2.24) is 4.90 Å². The van der Waals surface area contributed by atoms with Gasteiger partial charge in [-0.3, -0.25) is 9.59 Å². The Balaban J connectivity index is 1.86. The number of carboxylic acids is 1. The van der Waals surface area contributed by atoms with E-state index in [0.29, 0.717) is 12.1 Å². The van der Waals surface area contributed by atoms with Crippen LogP contribution in [0.25, 0.3) is 11.0 Å². The standard InChI is InChI=1S/C15H16N2O4/c1-9-2-3-11-10(6-9)7-12(21-11)13(18)17-5-4-15(16,8-17)14(19)20/h2-3,6-7H,4-5,8,16H2,1H3,(H,19,20). The van der Waals surface area contributed by atoms with Crippen molar-refractivity contribution in [3.8, 4) is 0 Å². The molecule has 0 spiro atoms. The Morgan fingerprint density at radius 3 is 2.81 bits per heavy atom. The lowest BCUT2D eigenvalue weighted by atomic mass is 10.0.